The van der Waals surface area contributed by atoms with Crippen LogP contribution in [0.25, 0.3) is 5.65 Å². The molecule has 1 aliphatic heterocycles. The van der Waals surface area contributed by atoms with Crippen molar-refractivity contribution in [1.29, 1.82) is 0 Å². The molecule has 0 atom stereocenters. The molecule has 0 saturated carbocycles. The maximum atomic E-state index is 12.4. The Morgan fingerprint density at radius 1 is 1.09 bits per heavy atom. The van der Waals surface area contributed by atoms with Crippen LogP contribution in [0.2, 0.25) is 0 Å². The largest absolute Gasteiger partial charge is 0.495 e. The van der Waals surface area contributed by atoms with Gasteiger partial charge in [-0.05, 0) is 42.0 Å². The Labute approximate surface area is 189 Å². The highest BCUT2D eigenvalue weighted by molar-refractivity contribution is 5.92. The molecule has 1 amide bonds. The Morgan fingerprint density at radius 2 is 1.97 bits per heavy atom. The lowest BCUT2D eigenvalue weighted by atomic mass is 10.2. The maximum Gasteiger partial charge on any atom is 0.231 e. The quantitative estimate of drug-likeness (QED) is 0.425. The van der Waals surface area contributed by atoms with Gasteiger partial charge in [-0.25, -0.2) is 0 Å². The van der Waals surface area contributed by atoms with Gasteiger partial charge in [0.05, 0.1) is 12.8 Å². The zero-order valence-corrected chi connectivity index (χ0v) is 17.9. The standard InChI is InChI=1S/C23H22N6O4/c1-31-17-5-3-2-4-16(17)25-23(30)11-10-22-27-26-21-9-8-20(28-29(21)22)24-13-15-6-7-18-19(12-15)33-14-32-18/h2-9,12H,10-11,13-14H2,1H3,(H,24,28)(H,25,30). The Morgan fingerprint density at radius 3 is 2.88 bits per heavy atom. The van der Waals surface area contributed by atoms with Crippen LogP contribution < -0.4 is 24.8 Å². The molecular formula is C23H22N6O4. The van der Waals surface area contributed by atoms with Gasteiger partial charge in [0.15, 0.2) is 23.0 Å². The number of hydrogen-bond acceptors (Lipinski definition) is 8. The number of carbonyl (C=O) groups excluding carboxylic acids is 1. The molecule has 0 fully saturated rings. The summed E-state index contributed by atoms with van der Waals surface area (Å²) in [7, 11) is 1.57. The highest BCUT2D eigenvalue weighted by atomic mass is 16.7. The van der Waals surface area contributed by atoms with Crippen molar-refractivity contribution in [3.05, 3.63) is 66.0 Å². The van der Waals surface area contributed by atoms with Gasteiger partial charge < -0.3 is 24.8 Å². The normalized spacial score (nSPS) is 12.0. The second kappa shape index (κ2) is 9.03. The number of nitrogens with one attached hydrogen (secondary N) is 2. The third-order valence-corrected chi connectivity index (χ3v) is 5.19. The monoisotopic (exact) mass is 446 g/mol. The molecule has 2 aromatic carbocycles. The van der Waals surface area contributed by atoms with E-state index in [9.17, 15) is 4.79 Å². The van der Waals surface area contributed by atoms with Gasteiger partial charge in [0.25, 0.3) is 0 Å². The molecule has 10 nitrogen and oxygen atoms in total. The summed E-state index contributed by atoms with van der Waals surface area (Å²) in [5.74, 6) is 3.23. The van der Waals surface area contributed by atoms with E-state index in [1.165, 1.54) is 0 Å². The molecule has 5 rings (SSSR count). The number of carbonyl (C=O) groups is 1. The Kier molecular flexibility index (Phi) is 5.62. The Bertz CT molecular complexity index is 1310. The van der Waals surface area contributed by atoms with Gasteiger partial charge in [0.2, 0.25) is 12.7 Å². The predicted molar refractivity (Wildman–Crippen MR) is 121 cm³/mol. The van der Waals surface area contributed by atoms with Crippen LogP contribution in [0.15, 0.2) is 54.6 Å². The highest BCUT2D eigenvalue weighted by Gasteiger charge is 2.14. The number of methoxy groups -OCH3 is 1. The minimum atomic E-state index is -0.145. The molecule has 2 aromatic heterocycles. The number of fused-ring (bicyclic) bond motifs is 2. The Balaban J connectivity index is 1.23. The van der Waals surface area contributed by atoms with Gasteiger partial charge in [0, 0.05) is 19.4 Å². The summed E-state index contributed by atoms with van der Waals surface area (Å²) >= 11 is 0. The van der Waals surface area contributed by atoms with Crippen LogP contribution in [0.5, 0.6) is 17.2 Å². The molecule has 168 valence electrons. The second-order valence-electron chi connectivity index (χ2n) is 7.39. The summed E-state index contributed by atoms with van der Waals surface area (Å²) in [6.07, 6.45) is 0.621. The molecule has 10 heteroatoms. The van der Waals surface area contributed by atoms with Gasteiger partial charge in [-0.2, -0.15) is 4.52 Å². The van der Waals surface area contributed by atoms with E-state index in [1.54, 1.807) is 23.8 Å². The van der Waals surface area contributed by atoms with Crippen molar-refractivity contribution in [2.24, 2.45) is 0 Å². The molecule has 0 aliphatic carbocycles. The first-order valence-corrected chi connectivity index (χ1v) is 10.5. The van der Waals surface area contributed by atoms with Crippen LogP contribution >= 0.6 is 0 Å². The fourth-order valence-corrected chi connectivity index (χ4v) is 3.51. The minimum Gasteiger partial charge on any atom is -0.495 e. The van der Waals surface area contributed by atoms with Crippen LogP contribution in [0, 0.1) is 0 Å². The Hall–Kier alpha value is -4.34. The summed E-state index contributed by atoms with van der Waals surface area (Å²) in [6.45, 7) is 0.811. The third kappa shape index (κ3) is 4.49. The van der Waals surface area contributed by atoms with Gasteiger partial charge in [-0.1, -0.05) is 18.2 Å². The van der Waals surface area contributed by atoms with Crippen molar-refractivity contribution in [1.82, 2.24) is 19.8 Å². The molecule has 33 heavy (non-hydrogen) atoms. The molecule has 0 bridgehead atoms. The third-order valence-electron chi connectivity index (χ3n) is 5.19. The van der Waals surface area contributed by atoms with Crippen molar-refractivity contribution < 1.29 is 19.0 Å². The van der Waals surface area contributed by atoms with E-state index in [4.69, 9.17) is 14.2 Å². The summed E-state index contributed by atoms with van der Waals surface area (Å²) in [6, 6.07) is 16.8. The maximum absolute atomic E-state index is 12.4. The SMILES string of the molecule is COc1ccccc1NC(=O)CCc1nnc2ccc(NCc3ccc4c(c3)OCO4)nn12. The average molecular weight is 446 g/mol. The number of amides is 1. The van der Waals surface area contributed by atoms with Crippen molar-refractivity contribution in [2.75, 3.05) is 24.5 Å². The predicted octanol–water partition coefficient (Wildman–Crippen LogP) is 3.05. The minimum absolute atomic E-state index is 0.145. The van der Waals surface area contributed by atoms with Crippen molar-refractivity contribution in [2.45, 2.75) is 19.4 Å². The van der Waals surface area contributed by atoms with Crippen molar-refractivity contribution in [3.63, 3.8) is 0 Å². The van der Waals surface area contributed by atoms with E-state index in [2.05, 4.69) is 25.9 Å². The number of ether oxygens (including phenoxy) is 3. The molecule has 0 saturated heterocycles. The number of anilines is 2. The summed E-state index contributed by atoms with van der Waals surface area (Å²) in [4.78, 5) is 12.4. The number of hydrogen-bond donors (Lipinski definition) is 2. The average Bonchev–Trinajstić information content (AvgIpc) is 3.48. The molecule has 0 unspecified atom stereocenters. The fraction of sp³-hybridized carbons (Fsp3) is 0.217. The number of nitrogens with zero attached hydrogens (tertiary/aromatic N) is 4. The van der Waals surface area contributed by atoms with Gasteiger partial charge in [-0.15, -0.1) is 15.3 Å². The van der Waals surface area contributed by atoms with Crippen LogP contribution in [-0.4, -0.2) is 39.6 Å². The summed E-state index contributed by atoms with van der Waals surface area (Å²) in [5.41, 5.74) is 2.28. The zero-order valence-electron chi connectivity index (χ0n) is 17.9. The van der Waals surface area contributed by atoms with Crippen LogP contribution in [-0.2, 0) is 17.8 Å². The molecule has 3 heterocycles. The fourth-order valence-electron chi connectivity index (χ4n) is 3.51. The second-order valence-corrected chi connectivity index (χ2v) is 7.39. The van der Waals surface area contributed by atoms with Crippen LogP contribution in [0.1, 0.15) is 17.8 Å². The van der Waals surface area contributed by atoms with Gasteiger partial charge in [0.1, 0.15) is 11.6 Å². The topological polar surface area (TPSA) is 112 Å². The van der Waals surface area contributed by atoms with Gasteiger partial charge in [-0.3, -0.25) is 4.79 Å². The lowest BCUT2D eigenvalue weighted by Crippen LogP contribution is -2.14. The van der Waals surface area contributed by atoms with E-state index < -0.39 is 0 Å². The van der Waals surface area contributed by atoms with Crippen molar-refractivity contribution >= 4 is 23.1 Å². The first-order valence-electron chi connectivity index (χ1n) is 10.5. The number of aryl methyl sites for hydroxylation is 1. The summed E-state index contributed by atoms with van der Waals surface area (Å²) < 4.78 is 17.7. The molecule has 4 aromatic rings. The van der Waals surface area contributed by atoms with E-state index in [-0.39, 0.29) is 19.1 Å². The molecule has 1 aliphatic rings. The number of aromatic nitrogens is 4. The number of para-hydroxylation sites is 2. The lowest BCUT2D eigenvalue weighted by molar-refractivity contribution is -0.116. The molecule has 0 spiro atoms. The number of rotatable bonds is 8. The van der Waals surface area contributed by atoms with Crippen molar-refractivity contribution in [3.8, 4) is 17.2 Å². The van der Waals surface area contributed by atoms with Crippen LogP contribution in [0.4, 0.5) is 11.5 Å². The molecular weight excluding hydrogens is 424 g/mol. The van der Waals surface area contributed by atoms with E-state index >= 15 is 0 Å². The zero-order chi connectivity index (χ0) is 22.6. The van der Waals surface area contributed by atoms with E-state index in [0.29, 0.717) is 41.7 Å². The summed E-state index contributed by atoms with van der Waals surface area (Å²) in [5, 5.41) is 19.1. The lowest BCUT2D eigenvalue weighted by Gasteiger charge is -2.09. The van der Waals surface area contributed by atoms with Gasteiger partial charge >= 0.3 is 0 Å². The number of benzene rings is 2. The molecule has 0 radical (unpaired) electrons. The molecule has 2 N–H and O–H groups in total. The smallest absolute Gasteiger partial charge is 0.231 e. The highest BCUT2D eigenvalue weighted by Crippen LogP contribution is 2.32. The van der Waals surface area contributed by atoms with E-state index in [1.807, 2.05) is 42.5 Å². The van der Waals surface area contributed by atoms with Crippen LogP contribution in [0.3, 0.4) is 0 Å². The first-order chi connectivity index (χ1) is 16.2. The first kappa shape index (κ1) is 20.6. The van der Waals surface area contributed by atoms with E-state index in [0.717, 1.165) is 17.1 Å².